The zero-order chi connectivity index (χ0) is 12.4. The number of nitrogens with zero attached hydrogens (tertiary/aromatic N) is 2. The molecule has 2 aliphatic rings. The lowest BCUT2D eigenvalue weighted by atomic mass is 10.2. The topological polar surface area (TPSA) is 23.6 Å². The van der Waals surface area contributed by atoms with Crippen molar-refractivity contribution < 1.29 is 4.79 Å². The predicted molar refractivity (Wildman–Crippen MR) is 73.3 cm³/mol. The summed E-state index contributed by atoms with van der Waals surface area (Å²) in [5.41, 5.74) is 2.01. The van der Waals surface area contributed by atoms with Crippen molar-refractivity contribution in [2.24, 2.45) is 0 Å². The van der Waals surface area contributed by atoms with Crippen LogP contribution < -0.4 is 4.90 Å². The predicted octanol–water partition coefficient (Wildman–Crippen LogP) is 2.17. The first-order valence-electron chi connectivity index (χ1n) is 6.91. The fourth-order valence-electron chi connectivity index (χ4n) is 3.14. The Morgan fingerprint density at radius 3 is 2.44 bits per heavy atom. The highest BCUT2D eigenvalue weighted by Gasteiger charge is 2.29. The van der Waals surface area contributed by atoms with Crippen LogP contribution in [0.3, 0.4) is 0 Å². The highest BCUT2D eigenvalue weighted by Crippen LogP contribution is 2.25. The Morgan fingerprint density at radius 1 is 1.06 bits per heavy atom. The van der Waals surface area contributed by atoms with Gasteiger partial charge in [-0.3, -0.25) is 9.69 Å². The van der Waals surface area contributed by atoms with Crippen molar-refractivity contribution >= 4 is 12.0 Å². The van der Waals surface area contributed by atoms with Crippen molar-refractivity contribution in [2.45, 2.75) is 25.3 Å². The van der Waals surface area contributed by atoms with Crippen molar-refractivity contribution in [3.8, 4) is 0 Å². The van der Waals surface area contributed by atoms with Crippen LogP contribution in [0, 0.1) is 0 Å². The number of hydrogen-bond donors (Lipinski definition) is 0. The number of anilines is 1. The minimum atomic E-state index is 0.734. The normalized spacial score (nSPS) is 24.7. The Morgan fingerprint density at radius 2 is 1.78 bits per heavy atom. The van der Waals surface area contributed by atoms with Crippen LogP contribution in [0.4, 0.5) is 5.69 Å². The third-order valence-corrected chi connectivity index (χ3v) is 4.21. The summed E-state index contributed by atoms with van der Waals surface area (Å²) in [5, 5.41) is 0. The zero-order valence-electron chi connectivity index (χ0n) is 10.7. The molecule has 3 rings (SSSR count). The van der Waals surface area contributed by atoms with Crippen molar-refractivity contribution in [3.63, 3.8) is 0 Å². The molecule has 96 valence electrons. The molecule has 0 spiro atoms. The second-order valence-electron chi connectivity index (χ2n) is 5.34. The summed E-state index contributed by atoms with van der Waals surface area (Å²) in [7, 11) is 0. The first-order chi connectivity index (χ1) is 8.86. The summed E-state index contributed by atoms with van der Waals surface area (Å²) in [6.07, 6.45) is 4.91. The van der Waals surface area contributed by atoms with Gasteiger partial charge in [0.05, 0.1) is 0 Å². The molecule has 0 aliphatic carbocycles. The van der Waals surface area contributed by atoms with Gasteiger partial charge in [-0.15, -0.1) is 0 Å². The Labute approximate surface area is 108 Å². The summed E-state index contributed by atoms with van der Waals surface area (Å²) in [4.78, 5) is 15.7. The molecule has 2 saturated heterocycles. The molecule has 0 amide bonds. The number of rotatable bonds is 3. The van der Waals surface area contributed by atoms with Gasteiger partial charge in [-0.1, -0.05) is 0 Å². The number of hydrogen-bond acceptors (Lipinski definition) is 3. The summed E-state index contributed by atoms with van der Waals surface area (Å²) < 4.78 is 0. The molecule has 1 aromatic carbocycles. The molecule has 18 heavy (non-hydrogen) atoms. The maximum Gasteiger partial charge on any atom is 0.150 e. The molecule has 3 nitrogen and oxygen atoms in total. The Balaban J connectivity index is 1.65. The lowest BCUT2D eigenvalue weighted by Gasteiger charge is -2.24. The van der Waals surface area contributed by atoms with Gasteiger partial charge in [0, 0.05) is 30.4 Å². The average molecular weight is 244 g/mol. The number of likely N-dealkylation sites (tertiary alicyclic amines) is 1. The quantitative estimate of drug-likeness (QED) is 0.761. The Bertz CT molecular complexity index is 409. The zero-order valence-corrected chi connectivity index (χ0v) is 10.7. The SMILES string of the molecule is O=Cc1ccc(N2CCC(N3CCCC3)C2)cc1. The molecule has 3 heteroatoms. The summed E-state index contributed by atoms with van der Waals surface area (Å²) in [6.45, 7) is 4.84. The van der Waals surface area contributed by atoms with Gasteiger partial charge in [0.25, 0.3) is 0 Å². The van der Waals surface area contributed by atoms with Crippen LogP contribution in [0.1, 0.15) is 29.6 Å². The van der Waals surface area contributed by atoms with E-state index in [0.29, 0.717) is 0 Å². The van der Waals surface area contributed by atoms with E-state index in [1.807, 2.05) is 12.1 Å². The molecule has 2 fully saturated rings. The van der Waals surface area contributed by atoms with Gasteiger partial charge in [-0.25, -0.2) is 0 Å². The highest BCUT2D eigenvalue weighted by atomic mass is 16.1. The number of carbonyl (C=O) groups excluding carboxylic acids is 1. The largest absolute Gasteiger partial charge is 0.370 e. The van der Waals surface area contributed by atoms with Crippen LogP contribution in [0.2, 0.25) is 0 Å². The molecule has 0 saturated carbocycles. The van der Waals surface area contributed by atoms with Gasteiger partial charge >= 0.3 is 0 Å². The molecule has 0 N–H and O–H groups in total. The van der Waals surface area contributed by atoms with Gasteiger partial charge in [-0.05, 0) is 56.6 Å². The maximum absolute atomic E-state index is 10.6. The third kappa shape index (κ3) is 2.27. The van der Waals surface area contributed by atoms with Gasteiger partial charge in [0.15, 0.2) is 0 Å². The molecule has 1 aromatic rings. The highest BCUT2D eigenvalue weighted by molar-refractivity contribution is 5.75. The van der Waals surface area contributed by atoms with Crippen molar-refractivity contribution in [3.05, 3.63) is 29.8 Å². The number of aldehydes is 1. The Hall–Kier alpha value is -1.35. The molecular weight excluding hydrogens is 224 g/mol. The molecule has 1 unspecified atom stereocenters. The van der Waals surface area contributed by atoms with E-state index in [-0.39, 0.29) is 0 Å². The van der Waals surface area contributed by atoms with Crippen LogP contribution in [-0.4, -0.2) is 43.4 Å². The Kier molecular flexibility index (Phi) is 3.33. The molecule has 0 radical (unpaired) electrons. The number of benzene rings is 1. The fourth-order valence-corrected chi connectivity index (χ4v) is 3.14. The van der Waals surface area contributed by atoms with Crippen molar-refractivity contribution in [1.82, 2.24) is 4.90 Å². The fraction of sp³-hybridized carbons (Fsp3) is 0.533. The van der Waals surface area contributed by atoms with E-state index < -0.39 is 0 Å². The van der Waals surface area contributed by atoms with Crippen LogP contribution in [-0.2, 0) is 0 Å². The van der Waals surface area contributed by atoms with Crippen LogP contribution in [0.15, 0.2) is 24.3 Å². The second kappa shape index (κ2) is 5.11. The summed E-state index contributed by atoms with van der Waals surface area (Å²) in [6, 6.07) is 8.68. The lowest BCUT2D eigenvalue weighted by molar-refractivity contribution is 0.112. The standard InChI is InChI=1S/C15H20N2O/c18-12-13-3-5-14(6-4-13)17-10-7-15(11-17)16-8-1-2-9-16/h3-6,12,15H,1-2,7-11H2. The molecule has 0 bridgehead atoms. The van der Waals surface area contributed by atoms with E-state index >= 15 is 0 Å². The van der Waals surface area contributed by atoms with Gasteiger partial charge in [0.1, 0.15) is 6.29 Å². The first kappa shape index (κ1) is 11.7. The monoisotopic (exact) mass is 244 g/mol. The van der Waals surface area contributed by atoms with Crippen molar-refractivity contribution in [1.29, 1.82) is 0 Å². The van der Waals surface area contributed by atoms with Crippen LogP contribution in [0.25, 0.3) is 0 Å². The molecular formula is C15H20N2O. The summed E-state index contributed by atoms with van der Waals surface area (Å²) >= 11 is 0. The van der Waals surface area contributed by atoms with Gasteiger partial charge in [-0.2, -0.15) is 0 Å². The lowest BCUT2D eigenvalue weighted by Crippen LogP contribution is -2.35. The number of carbonyl (C=O) groups is 1. The average Bonchev–Trinajstić information content (AvgIpc) is 3.09. The van der Waals surface area contributed by atoms with E-state index in [1.165, 1.54) is 38.0 Å². The van der Waals surface area contributed by atoms with Gasteiger partial charge in [0.2, 0.25) is 0 Å². The minimum Gasteiger partial charge on any atom is -0.370 e. The van der Waals surface area contributed by atoms with E-state index in [2.05, 4.69) is 21.9 Å². The van der Waals surface area contributed by atoms with Gasteiger partial charge < -0.3 is 4.90 Å². The van der Waals surface area contributed by atoms with E-state index in [9.17, 15) is 4.79 Å². The molecule has 0 aromatic heterocycles. The van der Waals surface area contributed by atoms with Crippen LogP contribution >= 0.6 is 0 Å². The smallest absolute Gasteiger partial charge is 0.150 e. The first-order valence-corrected chi connectivity index (χ1v) is 6.91. The molecule has 2 heterocycles. The minimum absolute atomic E-state index is 0.734. The van der Waals surface area contributed by atoms with Crippen molar-refractivity contribution in [2.75, 3.05) is 31.1 Å². The van der Waals surface area contributed by atoms with E-state index in [0.717, 1.165) is 31.0 Å². The van der Waals surface area contributed by atoms with E-state index in [1.54, 1.807) is 0 Å². The van der Waals surface area contributed by atoms with E-state index in [4.69, 9.17) is 0 Å². The van der Waals surface area contributed by atoms with Crippen LogP contribution in [0.5, 0.6) is 0 Å². The maximum atomic E-state index is 10.6. The molecule has 1 atom stereocenters. The third-order valence-electron chi connectivity index (χ3n) is 4.21. The summed E-state index contributed by atoms with van der Waals surface area (Å²) in [5.74, 6) is 0. The molecule has 2 aliphatic heterocycles. The second-order valence-corrected chi connectivity index (χ2v) is 5.34.